The van der Waals surface area contributed by atoms with Crippen LogP contribution in [0.4, 0.5) is 0 Å². The van der Waals surface area contributed by atoms with E-state index in [-0.39, 0.29) is 0 Å². The Morgan fingerprint density at radius 1 is 1.44 bits per heavy atom. The molecule has 0 spiro atoms. The Kier molecular flexibility index (Phi) is 2.53. The summed E-state index contributed by atoms with van der Waals surface area (Å²) in [6.45, 7) is 3.50. The van der Waals surface area contributed by atoms with Crippen LogP contribution in [0.5, 0.6) is 0 Å². The lowest BCUT2D eigenvalue weighted by Gasteiger charge is -2.32. The normalized spacial score (nSPS) is 39.0. The molecule has 1 rings (SSSR count). The minimum atomic E-state index is 0.735. The molecule has 0 aromatic heterocycles. The Morgan fingerprint density at radius 2 is 2.11 bits per heavy atom. The second-order valence-electron chi connectivity index (χ2n) is 2.96. The molecule has 1 aliphatic rings. The summed E-state index contributed by atoms with van der Waals surface area (Å²) in [4.78, 5) is 3.14. The highest BCUT2D eigenvalue weighted by molar-refractivity contribution is 9.09. The Balaban J connectivity index is 2.35. The van der Waals surface area contributed by atoms with Gasteiger partial charge in [-0.3, -0.25) is 0 Å². The van der Waals surface area contributed by atoms with E-state index in [9.17, 15) is 0 Å². The van der Waals surface area contributed by atoms with Crippen LogP contribution in [-0.2, 0) is 0 Å². The highest BCUT2D eigenvalue weighted by Crippen LogP contribution is 2.19. The summed E-state index contributed by atoms with van der Waals surface area (Å²) < 4.78 is 0. The van der Waals surface area contributed by atoms with Crippen LogP contribution in [0.2, 0.25) is 0 Å². The van der Waals surface area contributed by atoms with E-state index in [1.54, 1.807) is 0 Å². The molecule has 0 amide bonds. The van der Waals surface area contributed by atoms with Gasteiger partial charge in [-0.05, 0) is 26.8 Å². The van der Waals surface area contributed by atoms with E-state index in [1.165, 1.54) is 19.4 Å². The molecule has 0 aromatic carbocycles. The summed E-state index contributed by atoms with van der Waals surface area (Å²) in [6.07, 6.45) is 2.68. The van der Waals surface area contributed by atoms with Gasteiger partial charge in [0.05, 0.1) is 0 Å². The lowest BCUT2D eigenvalue weighted by molar-refractivity contribution is 0.207. The maximum Gasteiger partial charge on any atom is 0.0273 e. The molecular weight excluding hydrogens is 178 g/mol. The van der Waals surface area contributed by atoms with E-state index in [2.05, 4.69) is 34.8 Å². The van der Waals surface area contributed by atoms with E-state index < -0.39 is 0 Å². The van der Waals surface area contributed by atoms with Gasteiger partial charge in [-0.2, -0.15) is 0 Å². The molecular formula is C7H14BrN. The number of hydrogen-bond donors (Lipinski definition) is 0. The van der Waals surface area contributed by atoms with Gasteiger partial charge in [0.1, 0.15) is 0 Å². The number of likely N-dealkylation sites (tertiary alicyclic amines) is 1. The van der Waals surface area contributed by atoms with E-state index in [4.69, 9.17) is 0 Å². The van der Waals surface area contributed by atoms with Crippen LogP contribution in [0.1, 0.15) is 19.8 Å². The molecule has 0 N–H and O–H groups in total. The molecule has 1 fully saturated rings. The average Bonchev–Trinajstić information content (AvgIpc) is 1.80. The topological polar surface area (TPSA) is 3.24 Å². The van der Waals surface area contributed by atoms with E-state index >= 15 is 0 Å². The summed E-state index contributed by atoms with van der Waals surface area (Å²) in [5.41, 5.74) is 0. The van der Waals surface area contributed by atoms with Crippen molar-refractivity contribution in [2.24, 2.45) is 0 Å². The number of hydrogen-bond acceptors (Lipinski definition) is 1. The molecule has 2 unspecified atom stereocenters. The van der Waals surface area contributed by atoms with Crippen molar-refractivity contribution in [2.45, 2.75) is 30.6 Å². The zero-order valence-electron chi connectivity index (χ0n) is 6.10. The molecule has 1 saturated heterocycles. The quantitative estimate of drug-likeness (QED) is 0.529. The molecule has 54 valence electrons. The second kappa shape index (κ2) is 3.02. The number of nitrogens with zero attached hydrogens (tertiary/aromatic N) is 1. The van der Waals surface area contributed by atoms with E-state index in [1.807, 2.05) is 0 Å². The van der Waals surface area contributed by atoms with Gasteiger partial charge in [0, 0.05) is 17.4 Å². The monoisotopic (exact) mass is 191 g/mol. The SMILES string of the molecule is CC1CCC(Br)CN1C. The van der Waals surface area contributed by atoms with Gasteiger partial charge >= 0.3 is 0 Å². The van der Waals surface area contributed by atoms with Crippen LogP contribution in [0.3, 0.4) is 0 Å². The van der Waals surface area contributed by atoms with Gasteiger partial charge in [0.15, 0.2) is 0 Å². The summed E-state index contributed by atoms with van der Waals surface area (Å²) >= 11 is 3.61. The van der Waals surface area contributed by atoms with Gasteiger partial charge < -0.3 is 4.90 Å². The predicted molar refractivity (Wildman–Crippen MR) is 44.0 cm³/mol. The Bertz CT molecular complexity index is 94.9. The zero-order chi connectivity index (χ0) is 6.85. The third kappa shape index (κ3) is 1.94. The molecule has 0 bridgehead atoms. The van der Waals surface area contributed by atoms with Crippen LogP contribution in [-0.4, -0.2) is 29.4 Å². The van der Waals surface area contributed by atoms with Crippen LogP contribution < -0.4 is 0 Å². The van der Waals surface area contributed by atoms with Crippen molar-refractivity contribution in [1.29, 1.82) is 0 Å². The number of rotatable bonds is 0. The first-order valence-electron chi connectivity index (χ1n) is 3.54. The summed E-state index contributed by atoms with van der Waals surface area (Å²) in [7, 11) is 2.19. The maximum atomic E-state index is 3.61. The van der Waals surface area contributed by atoms with E-state index in [0.29, 0.717) is 0 Å². The van der Waals surface area contributed by atoms with Gasteiger partial charge in [-0.15, -0.1) is 0 Å². The molecule has 0 aliphatic carbocycles. The van der Waals surface area contributed by atoms with Gasteiger partial charge in [0.25, 0.3) is 0 Å². The van der Waals surface area contributed by atoms with Crippen molar-refractivity contribution in [2.75, 3.05) is 13.6 Å². The molecule has 0 aromatic rings. The fraction of sp³-hybridized carbons (Fsp3) is 1.00. The van der Waals surface area contributed by atoms with Crippen molar-refractivity contribution in [3.63, 3.8) is 0 Å². The van der Waals surface area contributed by atoms with Gasteiger partial charge in [-0.25, -0.2) is 0 Å². The molecule has 1 nitrogen and oxygen atoms in total. The highest BCUT2D eigenvalue weighted by atomic mass is 79.9. The van der Waals surface area contributed by atoms with Crippen LogP contribution >= 0.6 is 15.9 Å². The summed E-state index contributed by atoms with van der Waals surface area (Å²) in [5, 5.41) is 0. The first kappa shape index (κ1) is 7.55. The largest absolute Gasteiger partial charge is 0.303 e. The number of halogens is 1. The third-order valence-electron chi connectivity index (χ3n) is 2.14. The van der Waals surface area contributed by atoms with Crippen molar-refractivity contribution in [3.05, 3.63) is 0 Å². The Morgan fingerprint density at radius 3 is 2.56 bits per heavy atom. The first-order chi connectivity index (χ1) is 4.20. The summed E-state index contributed by atoms with van der Waals surface area (Å²) in [6, 6.07) is 0.791. The van der Waals surface area contributed by atoms with Crippen LogP contribution in [0, 0.1) is 0 Å². The number of piperidine rings is 1. The lowest BCUT2D eigenvalue weighted by Crippen LogP contribution is -2.38. The second-order valence-corrected chi connectivity index (χ2v) is 4.26. The zero-order valence-corrected chi connectivity index (χ0v) is 7.69. The van der Waals surface area contributed by atoms with Gasteiger partial charge in [-0.1, -0.05) is 15.9 Å². The predicted octanol–water partition coefficient (Wildman–Crippen LogP) is 1.86. The molecule has 0 radical (unpaired) electrons. The fourth-order valence-corrected chi connectivity index (χ4v) is 1.95. The minimum Gasteiger partial charge on any atom is -0.303 e. The van der Waals surface area contributed by atoms with Crippen molar-refractivity contribution >= 4 is 15.9 Å². The molecule has 1 heterocycles. The molecule has 2 atom stereocenters. The maximum absolute atomic E-state index is 3.61. The molecule has 9 heavy (non-hydrogen) atoms. The Labute approximate surface area is 65.6 Å². The lowest BCUT2D eigenvalue weighted by atomic mass is 10.1. The molecule has 2 heteroatoms. The van der Waals surface area contributed by atoms with Crippen LogP contribution in [0.15, 0.2) is 0 Å². The Hall–Kier alpha value is 0.440. The fourth-order valence-electron chi connectivity index (χ4n) is 1.23. The molecule has 0 saturated carbocycles. The van der Waals surface area contributed by atoms with Crippen molar-refractivity contribution < 1.29 is 0 Å². The van der Waals surface area contributed by atoms with Crippen LogP contribution in [0.25, 0.3) is 0 Å². The van der Waals surface area contributed by atoms with E-state index in [0.717, 1.165) is 10.9 Å². The van der Waals surface area contributed by atoms with Gasteiger partial charge in [0.2, 0.25) is 0 Å². The minimum absolute atomic E-state index is 0.735. The third-order valence-corrected chi connectivity index (χ3v) is 2.88. The standard InChI is InChI=1S/C7H14BrN/c1-6-3-4-7(8)5-9(6)2/h6-7H,3-5H2,1-2H3. The smallest absolute Gasteiger partial charge is 0.0273 e. The number of alkyl halides is 1. The van der Waals surface area contributed by atoms with Crippen molar-refractivity contribution in [1.82, 2.24) is 4.90 Å². The van der Waals surface area contributed by atoms with Crippen molar-refractivity contribution in [3.8, 4) is 0 Å². The summed E-state index contributed by atoms with van der Waals surface area (Å²) in [5.74, 6) is 0. The average molecular weight is 192 g/mol. The first-order valence-corrected chi connectivity index (χ1v) is 4.46. The molecule has 1 aliphatic heterocycles. The highest BCUT2D eigenvalue weighted by Gasteiger charge is 2.19.